The van der Waals surface area contributed by atoms with E-state index in [0.29, 0.717) is 0 Å². The lowest BCUT2D eigenvalue weighted by molar-refractivity contribution is -0.120. The van der Waals surface area contributed by atoms with Crippen LogP contribution in [0.4, 0.5) is 0 Å². The summed E-state index contributed by atoms with van der Waals surface area (Å²) in [6.07, 6.45) is 3.61. The fraction of sp³-hybridized carbons (Fsp3) is 0.875. The normalized spacial score (nSPS) is 28.8. The van der Waals surface area contributed by atoms with Crippen LogP contribution in [-0.2, 0) is 4.79 Å². The highest BCUT2D eigenvalue weighted by molar-refractivity contribution is 5.85. The summed E-state index contributed by atoms with van der Waals surface area (Å²) in [5, 5.41) is 12.1. The van der Waals surface area contributed by atoms with Crippen molar-refractivity contribution in [3.63, 3.8) is 0 Å². The minimum atomic E-state index is -0.326. The lowest BCUT2D eigenvalue weighted by atomic mass is 9.93. The van der Waals surface area contributed by atoms with Crippen molar-refractivity contribution in [1.29, 1.82) is 0 Å². The molecule has 2 atom stereocenters. The summed E-state index contributed by atoms with van der Waals surface area (Å²) < 4.78 is 0. The van der Waals surface area contributed by atoms with E-state index in [4.69, 9.17) is 0 Å². The molecule has 3 nitrogen and oxygen atoms in total. The monoisotopic (exact) mass is 193 g/mol. The third kappa shape index (κ3) is 3.41. The van der Waals surface area contributed by atoms with Crippen LogP contribution in [0.25, 0.3) is 0 Å². The molecule has 0 aromatic rings. The second kappa shape index (κ2) is 5.38. The van der Waals surface area contributed by atoms with Gasteiger partial charge in [-0.1, -0.05) is 12.8 Å². The molecule has 0 bridgehead atoms. The molecule has 0 saturated heterocycles. The van der Waals surface area contributed by atoms with E-state index in [1.165, 1.54) is 6.92 Å². The molecule has 0 radical (unpaired) electrons. The van der Waals surface area contributed by atoms with E-state index in [-0.39, 0.29) is 30.5 Å². The fourth-order valence-electron chi connectivity index (χ4n) is 1.54. The average Bonchev–Trinajstić information content (AvgIpc) is 1.93. The summed E-state index contributed by atoms with van der Waals surface area (Å²) in [6, 6.07) is 0.00116. The highest BCUT2D eigenvalue weighted by Gasteiger charge is 2.22. The van der Waals surface area contributed by atoms with E-state index in [1.54, 1.807) is 0 Å². The molecule has 1 saturated carbocycles. The van der Waals surface area contributed by atoms with Crippen LogP contribution in [0.5, 0.6) is 0 Å². The minimum absolute atomic E-state index is 0. The van der Waals surface area contributed by atoms with Gasteiger partial charge in [-0.15, -0.1) is 12.4 Å². The SMILES string of the molecule is CC(=O)N[C@@H]1CCCC[C@H]1O.Cl. The summed E-state index contributed by atoms with van der Waals surface area (Å²) in [7, 11) is 0. The summed E-state index contributed by atoms with van der Waals surface area (Å²) in [6.45, 7) is 1.49. The van der Waals surface area contributed by atoms with Crippen molar-refractivity contribution < 1.29 is 9.90 Å². The van der Waals surface area contributed by atoms with E-state index in [0.717, 1.165) is 25.7 Å². The molecule has 0 spiro atoms. The third-order valence-electron chi connectivity index (χ3n) is 2.12. The Morgan fingerprint density at radius 1 is 1.42 bits per heavy atom. The van der Waals surface area contributed by atoms with Crippen LogP contribution in [-0.4, -0.2) is 23.2 Å². The maximum absolute atomic E-state index is 10.6. The Kier molecular flexibility index (Phi) is 5.25. The maximum Gasteiger partial charge on any atom is 0.217 e. The zero-order valence-electron chi connectivity index (χ0n) is 7.25. The zero-order valence-corrected chi connectivity index (χ0v) is 8.06. The first-order valence-electron chi connectivity index (χ1n) is 4.15. The number of carbonyl (C=O) groups excluding carboxylic acids is 1. The van der Waals surface area contributed by atoms with Gasteiger partial charge in [-0.05, 0) is 12.8 Å². The van der Waals surface area contributed by atoms with E-state index in [2.05, 4.69) is 5.32 Å². The van der Waals surface area contributed by atoms with Crippen LogP contribution >= 0.6 is 12.4 Å². The van der Waals surface area contributed by atoms with Crippen LogP contribution in [0, 0.1) is 0 Å². The Morgan fingerprint density at radius 3 is 2.50 bits per heavy atom. The molecule has 1 fully saturated rings. The average molecular weight is 194 g/mol. The second-order valence-corrected chi connectivity index (χ2v) is 3.16. The van der Waals surface area contributed by atoms with Gasteiger partial charge in [-0.3, -0.25) is 4.79 Å². The number of hydrogen-bond donors (Lipinski definition) is 2. The van der Waals surface area contributed by atoms with Gasteiger partial charge in [-0.25, -0.2) is 0 Å². The lowest BCUT2D eigenvalue weighted by Gasteiger charge is -2.27. The number of aliphatic hydroxyl groups excluding tert-OH is 1. The maximum atomic E-state index is 10.6. The van der Waals surface area contributed by atoms with E-state index < -0.39 is 0 Å². The molecule has 12 heavy (non-hydrogen) atoms. The quantitative estimate of drug-likeness (QED) is 0.649. The highest BCUT2D eigenvalue weighted by atomic mass is 35.5. The number of nitrogens with one attached hydrogen (secondary N) is 1. The van der Waals surface area contributed by atoms with Gasteiger partial charge in [0.25, 0.3) is 0 Å². The molecule has 0 aliphatic heterocycles. The lowest BCUT2D eigenvalue weighted by Crippen LogP contribution is -2.44. The third-order valence-corrected chi connectivity index (χ3v) is 2.12. The van der Waals surface area contributed by atoms with Gasteiger partial charge >= 0.3 is 0 Å². The minimum Gasteiger partial charge on any atom is -0.391 e. The van der Waals surface area contributed by atoms with E-state index in [9.17, 15) is 9.90 Å². The fourth-order valence-corrected chi connectivity index (χ4v) is 1.54. The smallest absolute Gasteiger partial charge is 0.217 e. The van der Waals surface area contributed by atoms with Gasteiger partial charge in [0.2, 0.25) is 5.91 Å². The predicted molar refractivity (Wildman–Crippen MR) is 49.3 cm³/mol. The summed E-state index contributed by atoms with van der Waals surface area (Å²) >= 11 is 0. The summed E-state index contributed by atoms with van der Waals surface area (Å²) in [5.74, 6) is -0.0454. The van der Waals surface area contributed by atoms with Crippen LogP contribution in [0.15, 0.2) is 0 Å². The second-order valence-electron chi connectivity index (χ2n) is 3.16. The number of rotatable bonds is 1. The molecular formula is C8H16ClNO2. The summed E-state index contributed by atoms with van der Waals surface area (Å²) in [4.78, 5) is 10.6. The first-order valence-corrected chi connectivity index (χ1v) is 4.15. The molecule has 2 N–H and O–H groups in total. The van der Waals surface area contributed by atoms with Crippen LogP contribution in [0.1, 0.15) is 32.6 Å². The van der Waals surface area contributed by atoms with Crippen molar-refractivity contribution >= 4 is 18.3 Å². The van der Waals surface area contributed by atoms with Crippen molar-refractivity contribution in [2.45, 2.75) is 44.8 Å². The molecule has 0 heterocycles. The summed E-state index contributed by atoms with van der Waals surface area (Å²) in [5.41, 5.74) is 0. The Hall–Kier alpha value is -0.280. The van der Waals surface area contributed by atoms with Gasteiger partial charge in [0.15, 0.2) is 0 Å². The Morgan fingerprint density at radius 2 is 2.00 bits per heavy atom. The number of carbonyl (C=O) groups is 1. The standard InChI is InChI=1S/C8H15NO2.ClH/c1-6(10)9-7-4-2-3-5-8(7)11;/h7-8,11H,2-5H2,1H3,(H,9,10);1H/t7-,8-;/m1./s1. The molecule has 1 rings (SSSR count). The molecule has 0 aromatic carbocycles. The Labute approximate surface area is 78.9 Å². The Balaban J connectivity index is 0.00000121. The van der Waals surface area contributed by atoms with Gasteiger partial charge in [0.05, 0.1) is 12.1 Å². The van der Waals surface area contributed by atoms with Crippen molar-refractivity contribution in [2.24, 2.45) is 0 Å². The van der Waals surface area contributed by atoms with E-state index >= 15 is 0 Å². The van der Waals surface area contributed by atoms with Crippen molar-refractivity contribution in [3.05, 3.63) is 0 Å². The van der Waals surface area contributed by atoms with Crippen LogP contribution in [0.3, 0.4) is 0 Å². The predicted octanol–water partition coefficient (Wildman–Crippen LogP) is 0.848. The van der Waals surface area contributed by atoms with Gasteiger partial charge in [0, 0.05) is 6.92 Å². The Bertz CT molecular complexity index is 152. The van der Waals surface area contributed by atoms with Crippen molar-refractivity contribution in [1.82, 2.24) is 5.32 Å². The number of amides is 1. The van der Waals surface area contributed by atoms with Crippen LogP contribution in [0.2, 0.25) is 0 Å². The van der Waals surface area contributed by atoms with Gasteiger partial charge in [-0.2, -0.15) is 0 Å². The molecule has 72 valence electrons. The molecule has 4 heteroatoms. The molecule has 1 aliphatic rings. The molecule has 0 aromatic heterocycles. The first kappa shape index (κ1) is 11.7. The van der Waals surface area contributed by atoms with Crippen molar-refractivity contribution in [3.8, 4) is 0 Å². The van der Waals surface area contributed by atoms with E-state index in [1.807, 2.05) is 0 Å². The van der Waals surface area contributed by atoms with Gasteiger partial charge in [0.1, 0.15) is 0 Å². The number of hydrogen-bond acceptors (Lipinski definition) is 2. The topological polar surface area (TPSA) is 49.3 Å². The zero-order chi connectivity index (χ0) is 8.27. The van der Waals surface area contributed by atoms with Crippen LogP contribution < -0.4 is 5.32 Å². The molecular weight excluding hydrogens is 178 g/mol. The first-order chi connectivity index (χ1) is 5.20. The molecule has 0 unspecified atom stereocenters. The van der Waals surface area contributed by atoms with Gasteiger partial charge < -0.3 is 10.4 Å². The molecule has 1 amide bonds. The van der Waals surface area contributed by atoms with Crippen molar-refractivity contribution in [2.75, 3.05) is 0 Å². The largest absolute Gasteiger partial charge is 0.391 e. The number of halogens is 1. The molecule has 1 aliphatic carbocycles. The number of aliphatic hydroxyl groups is 1. The highest BCUT2D eigenvalue weighted by Crippen LogP contribution is 2.17.